The van der Waals surface area contributed by atoms with Crippen LogP contribution in [0.5, 0.6) is 11.5 Å². The summed E-state index contributed by atoms with van der Waals surface area (Å²) in [5.74, 6) is -0.0595. The second-order valence-electron chi connectivity index (χ2n) is 3.73. The number of fused-ring (bicyclic) bond motifs is 2. The molecule has 0 bridgehead atoms. The van der Waals surface area contributed by atoms with Crippen LogP contribution in [0.4, 0.5) is 0 Å². The van der Waals surface area contributed by atoms with E-state index < -0.39 is 0 Å². The third-order valence-electron chi connectivity index (χ3n) is 2.83. The number of epoxide rings is 1. The van der Waals surface area contributed by atoms with Crippen LogP contribution in [-0.4, -0.2) is 22.4 Å². The molecular weight excluding hydrogens is 168 g/mol. The van der Waals surface area contributed by atoms with E-state index in [-0.39, 0.29) is 11.5 Å². The predicted molar refractivity (Wildman–Crippen MR) is 45.8 cm³/mol. The summed E-state index contributed by atoms with van der Waals surface area (Å²) >= 11 is 0. The van der Waals surface area contributed by atoms with E-state index in [4.69, 9.17) is 4.74 Å². The van der Waals surface area contributed by atoms with Crippen molar-refractivity contribution >= 4 is 0 Å². The first kappa shape index (κ1) is 7.21. The molecule has 2 N–H and O–H groups in total. The van der Waals surface area contributed by atoms with Crippen molar-refractivity contribution in [3.05, 3.63) is 23.3 Å². The molecule has 0 radical (unpaired) electrons. The smallest absolute Gasteiger partial charge is 0.157 e. The van der Waals surface area contributed by atoms with E-state index in [1.165, 1.54) is 0 Å². The zero-order valence-electron chi connectivity index (χ0n) is 7.03. The van der Waals surface area contributed by atoms with E-state index in [0.29, 0.717) is 12.2 Å². The summed E-state index contributed by atoms with van der Waals surface area (Å²) in [4.78, 5) is 0. The van der Waals surface area contributed by atoms with Crippen molar-refractivity contribution in [3.63, 3.8) is 0 Å². The van der Waals surface area contributed by atoms with Crippen molar-refractivity contribution in [1.29, 1.82) is 0 Å². The highest BCUT2D eigenvalue weighted by Gasteiger charge is 2.42. The van der Waals surface area contributed by atoms with Crippen LogP contribution >= 0.6 is 0 Å². The van der Waals surface area contributed by atoms with Crippen LogP contribution in [0.15, 0.2) is 12.1 Å². The van der Waals surface area contributed by atoms with Crippen LogP contribution in [0, 0.1) is 0 Å². The molecule has 3 rings (SSSR count). The standard InChI is InChI=1S/C10H10O3/c11-7-1-5-3-9-10(13-9)4-6(5)2-8(7)12/h1-2,9-12H,3-4H2. The van der Waals surface area contributed by atoms with Crippen LogP contribution in [-0.2, 0) is 17.6 Å². The molecule has 0 amide bonds. The van der Waals surface area contributed by atoms with Gasteiger partial charge in [0.1, 0.15) is 0 Å². The normalized spacial score (nSPS) is 29.2. The Morgan fingerprint density at radius 1 is 1.00 bits per heavy atom. The lowest BCUT2D eigenvalue weighted by atomic mass is 9.91. The Hall–Kier alpha value is -1.22. The van der Waals surface area contributed by atoms with E-state index in [0.717, 1.165) is 24.0 Å². The van der Waals surface area contributed by atoms with Gasteiger partial charge in [-0.3, -0.25) is 0 Å². The van der Waals surface area contributed by atoms with Gasteiger partial charge in [0, 0.05) is 12.8 Å². The van der Waals surface area contributed by atoms with Gasteiger partial charge in [-0.25, -0.2) is 0 Å². The van der Waals surface area contributed by atoms with Gasteiger partial charge in [-0.1, -0.05) is 0 Å². The van der Waals surface area contributed by atoms with Gasteiger partial charge in [-0.05, 0) is 23.3 Å². The summed E-state index contributed by atoms with van der Waals surface area (Å²) < 4.78 is 5.38. The van der Waals surface area contributed by atoms with Gasteiger partial charge in [0.15, 0.2) is 11.5 Å². The maximum atomic E-state index is 9.28. The zero-order valence-corrected chi connectivity index (χ0v) is 7.03. The summed E-state index contributed by atoms with van der Waals surface area (Å²) in [7, 11) is 0. The molecule has 1 heterocycles. The van der Waals surface area contributed by atoms with Gasteiger partial charge in [0.2, 0.25) is 0 Å². The predicted octanol–water partition coefficient (Wildman–Crippen LogP) is 0.964. The summed E-state index contributed by atoms with van der Waals surface area (Å²) in [5.41, 5.74) is 2.21. The molecule has 3 nitrogen and oxygen atoms in total. The first-order chi connectivity index (χ1) is 6.24. The van der Waals surface area contributed by atoms with Crippen LogP contribution < -0.4 is 0 Å². The Bertz CT molecular complexity index is 338. The first-order valence-corrected chi connectivity index (χ1v) is 4.43. The number of benzene rings is 1. The molecule has 2 atom stereocenters. The highest BCUT2D eigenvalue weighted by Crippen LogP contribution is 2.39. The minimum atomic E-state index is -0.0298. The summed E-state index contributed by atoms with van der Waals surface area (Å²) in [6.45, 7) is 0. The molecule has 3 heteroatoms. The van der Waals surface area contributed by atoms with Crippen LogP contribution in [0.3, 0.4) is 0 Å². The van der Waals surface area contributed by atoms with Crippen molar-refractivity contribution in [2.24, 2.45) is 0 Å². The quantitative estimate of drug-likeness (QED) is 0.459. The van der Waals surface area contributed by atoms with Gasteiger partial charge < -0.3 is 14.9 Å². The average molecular weight is 178 g/mol. The van der Waals surface area contributed by atoms with Crippen molar-refractivity contribution in [2.75, 3.05) is 0 Å². The maximum Gasteiger partial charge on any atom is 0.157 e. The van der Waals surface area contributed by atoms with E-state index in [2.05, 4.69) is 0 Å². The maximum absolute atomic E-state index is 9.28. The lowest BCUT2D eigenvalue weighted by Crippen LogP contribution is -2.11. The van der Waals surface area contributed by atoms with Gasteiger partial charge >= 0.3 is 0 Å². The monoisotopic (exact) mass is 178 g/mol. The second-order valence-corrected chi connectivity index (χ2v) is 3.73. The van der Waals surface area contributed by atoms with Crippen LogP contribution in [0.1, 0.15) is 11.1 Å². The SMILES string of the molecule is Oc1cc2c(cc1O)CC1OC1C2. The molecule has 1 aliphatic carbocycles. The molecule has 2 unspecified atom stereocenters. The van der Waals surface area contributed by atoms with Crippen molar-refractivity contribution < 1.29 is 14.9 Å². The van der Waals surface area contributed by atoms with Gasteiger partial charge in [-0.15, -0.1) is 0 Å². The van der Waals surface area contributed by atoms with Crippen molar-refractivity contribution in [2.45, 2.75) is 25.0 Å². The molecule has 0 saturated carbocycles. The number of hydrogen-bond acceptors (Lipinski definition) is 3. The number of phenols is 2. The third kappa shape index (κ3) is 1.00. The number of ether oxygens (including phenoxy) is 1. The Balaban J connectivity index is 2.09. The van der Waals surface area contributed by atoms with Gasteiger partial charge in [-0.2, -0.15) is 0 Å². The second kappa shape index (κ2) is 2.17. The first-order valence-electron chi connectivity index (χ1n) is 4.43. The van der Waals surface area contributed by atoms with E-state index >= 15 is 0 Å². The minimum absolute atomic E-state index is 0.0298. The van der Waals surface area contributed by atoms with Crippen molar-refractivity contribution in [3.8, 4) is 11.5 Å². The van der Waals surface area contributed by atoms with Crippen molar-refractivity contribution in [1.82, 2.24) is 0 Å². The molecule has 1 saturated heterocycles. The lowest BCUT2D eigenvalue weighted by molar-refractivity contribution is 0.375. The molecule has 1 fully saturated rings. The topological polar surface area (TPSA) is 53.0 Å². The zero-order chi connectivity index (χ0) is 9.00. The van der Waals surface area contributed by atoms with Crippen LogP contribution in [0.2, 0.25) is 0 Å². The fourth-order valence-corrected chi connectivity index (χ4v) is 2.02. The lowest BCUT2D eigenvalue weighted by Gasteiger charge is -2.12. The highest BCUT2D eigenvalue weighted by atomic mass is 16.6. The third-order valence-corrected chi connectivity index (χ3v) is 2.83. The van der Waals surface area contributed by atoms with E-state index in [1.807, 2.05) is 0 Å². The molecule has 2 aliphatic rings. The number of rotatable bonds is 0. The van der Waals surface area contributed by atoms with Gasteiger partial charge in [0.25, 0.3) is 0 Å². The van der Waals surface area contributed by atoms with E-state index in [1.54, 1.807) is 12.1 Å². The summed E-state index contributed by atoms with van der Waals surface area (Å²) in [6, 6.07) is 3.28. The molecule has 1 aromatic rings. The van der Waals surface area contributed by atoms with Gasteiger partial charge in [0.05, 0.1) is 12.2 Å². The molecular formula is C10H10O3. The Morgan fingerprint density at radius 3 is 1.92 bits per heavy atom. The Kier molecular flexibility index (Phi) is 1.21. The summed E-state index contributed by atoms with van der Waals surface area (Å²) in [5, 5.41) is 18.6. The molecule has 68 valence electrons. The molecule has 1 aliphatic heterocycles. The molecule has 13 heavy (non-hydrogen) atoms. The number of hydrogen-bond donors (Lipinski definition) is 2. The molecule has 0 spiro atoms. The number of aromatic hydroxyl groups is 2. The Morgan fingerprint density at radius 2 is 1.46 bits per heavy atom. The fourth-order valence-electron chi connectivity index (χ4n) is 2.02. The van der Waals surface area contributed by atoms with Crippen LogP contribution in [0.25, 0.3) is 0 Å². The number of phenolic OH excluding ortho intramolecular Hbond substituents is 2. The molecule has 1 aromatic carbocycles. The fraction of sp³-hybridized carbons (Fsp3) is 0.400. The largest absolute Gasteiger partial charge is 0.504 e. The Labute approximate surface area is 75.6 Å². The minimum Gasteiger partial charge on any atom is -0.504 e. The highest BCUT2D eigenvalue weighted by molar-refractivity contribution is 5.47. The van der Waals surface area contributed by atoms with E-state index in [9.17, 15) is 10.2 Å². The summed E-state index contributed by atoms with van der Waals surface area (Å²) in [6.07, 6.45) is 2.45. The molecule has 0 aromatic heterocycles. The average Bonchev–Trinajstić information content (AvgIpc) is 2.80.